The van der Waals surface area contributed by atoms with E-state index in [9.17, 15) is 8.42 Å². The summed E-state index contributed by atoms with van der Waals surface area (Å²) in [5, 5.41) is 0.545. The van der Waals surface area contributed by atoms with Crippen LogP contribution in [0, 0.1) is 0 Å². The van der Waals surface area contributed by atoms with Crippen molar-refractivity contribution >= 4 is 22.0 Å². The van der Waals surface area contributed by atoms with Crippen molar-refractivity contribution in [2.24, 2.45) is 0 Å². The maximum atomic E-state index is 11.5. The zero-order valence-corrected chi connectivity index (χ0v) is 12.8. The maximum Gasteiger partial charge on any atom is 0.279 e. The molecule has 0 aliphatic rings. The SMILES string of the molecule is CC(C)Sc1ccc(CNS(=O)(=O)N(C)C)cc1. The summed E-state index contributed by atoms with van der Waals surface area (Å²) in [7, 11) is -0.338. The van der Waals surface area contributed by atoms with Gasteiger partial charge in [-0.05, 0) is 17.7 Å². The predicted octanol–water partition coefficient (Wildman–Crippen LogP) is 2.08. The van der Waals surface area contributed by atoms with Crippen LogP contribution in [0.2, 0.25) is 0 Å². The van der Waals surface area contributed by atoms with Gasteiger partial charge in [0.15, 0.2) is 0 Å². The molecule has 0 saturated carbocycles. The third kappa shape index (κ3) is 4.97. The van der Waals surface area contributed by atoms with Gasteiger partial charge in [-0.25, -0.2) is 0 Å². The highest BCUT2D eigenvalue weighted by Crippen LogP contribution is 2.22. The lowest BCUT2D eigenvalue weighted by Gasteiger charge is -2.12. The van der Waals surface area contributed by atoms with Gasteiger partial charge in [0, 0.05) is 30.8 Å². The Morgan fingerprint density at radius 2 is 1.78 bits per heavy atom. The summed E-state index contributed by atoms with van der Waals surface area (Å²) in [5.74, 6) is 0. The largest absolute Gasteiger partial charge is 0.279 e. The molecule has 0 aromatic heterocycles. The van der Waals surface area contributed by atoms with Crippen LogP contribution >= 0.6 is 11.8 Å². The smallest absolute Gasteiger partial charge is 0.198 e. The van der Waals surface area contributed by atoms with Crippen LogP contribution in [-0.2, 0) is 16.8 Å². The molecule has 0 aliphatic carbocycles. The molecule has 4 nitrogen and oxygen atoms in total. The van der Waals surface area contributed by atoms with Crippen LogP contribution in [0.25, 0.3) is 0 Å². The van der Waals surface area contributed by atoms with E-state index in [1.54, 1.807) is 11.8 Å². The van der Waals surface area contributed by atoms with Gasteiger partial charge < -0.3 is 0 Å². The highest BCUT2D eigenvalue weighted by atomic mass is 32.2. The van der Waals surface area contributed by atoms with Gasteiger partial charge in [-0.15, -0.1) is 11.8 Å². The van der Waals surface area contributed by atoms with E-state index < -0.39 is 10.2 Å². The molecule has 0 bridgehead atoms. The summed E-state index contributed by atoms with van der Waals surface area (Å²) < 4.78 is 26.7. The molecule has 0 radical (unpaired) electrons. The van der Waals surface area contributed by atoms with Crippen molar-refractivity contribution in [1.82, 2.24) is 9.03 Å². The van der Waals surface area contributed by atoms with Gasteiger partial charge in [0.1, 0.15) is 0 Å². The van der Waals surface area contributed by atoms with Crippen LogP contribution in [0.3, 0.4) is 0 Å². The summed E-state index contributed by atoms with van der Waals surface area (Å²) in [4.78, 5) is 1.20. The fourth-order valence-electron chi connectivity index (χ4n) is 1.26. The summed E-state index contributed by atoms with van der Waals surface area (Å²) in [5.41, 5.74) is 0.952. The van der Waals surface area contributed by atoms with E-state index in [1.807, 2.05) is 24.3 Å². The van der Waals surface area contributed by atoms with E-state index in [4.69, 9.17) is 0 Å². The lowest BCUT2D eigenvalue weighted by molar-refractivity contribution is 0.505. The second kappa shape index (κ2) is 6.56. The second-order valence-electron chi connectivity index (χ2n) is 4.42. The van der Waals surface area contributed by atoms with Crippen molar-refractivity contribution in [2.75, 3.05) is 14.1 Å². The van der Waals surface area contributed by atoms with E-state index in [2.05, 4.69) is 18.6 Å². The van der Waals surface area contributed by atoms with Crippen molar-refractivity contribution < 1.29 is 8.42 Å². The average molecular weight is 288 g/mol. The molecule has 1 aromatic carbocycles. The van der Waals surface area contributed by atoms with Gasteiger partial charge in [0.2, 0.25) is 0 Å². The Kier molecular flexibility index (Phi) is 5.65. The molecule has 0 aliphatic heterocycles. The van der Waals surface area contributed by atoms with Crippen molar-refractivity contribution in [3.8, 4) is 0 Å². The average Bonchev–Trinajstić information content (AvgIpc) is 2.27. The number of hydrogen-bond acceptors (Lipinski definition) is 3. The molecular weight excluding hydrogens is 268 g/mol. The number of thioether (sulfide) groups is 1. The molecule has 0 unspecified atom stereocenters. The minimum atomic E-state index is -3.35. The normalized spacial score (nSPS) is 12.3. The second-order valence-corrected chi connectivity index (χ2v) is 8.04. The molecule has 0 spiro atoms. The van der Waals surface area contributed by atoms with E-state index in [0.717, 1.165) is 9.87 Å². The molecule has 1 aromatic rings. The molecule has 1 rings (SSSR count). The topological polar surface area (TPSA) is 49.4 Å². The number of nitrogens with zero attached hydrogens (tertiary/aromatic N) is 1. The van der Waals surface area contributed by atoms with Crippen molar-refractivity contribution in [3.05, 3.63) is 29.8 Å². The zero-order chi connectivity index (χ0) is 13.8. The third-order valence-electron chi connectivity index (χ3n) is 2.23. The van der Waals surface area contributed by atoms with Crippen LogP contribution in [-0.4, -0.2) is 32.1 Å². The van der Waals surface area contributed by atoms with Crippen LogP contribution in [0.1, 0.15) is 19.4 Å². The van der Waals surface area contributed by atoms with Crippen LogP contribution in [0.15, 0.2) is 29.2 Å². The lowest BCUT2D eigenvalue weighted by atomic mass is 10.2. The van der Waals surface area contributed by atoms with Crippen LogP contribution in [0.5, 0.6) is 0 Å². The lowest BCUT2D eigenvalue weighted by Crippen LogP contribution is -2.35. The molecule has 1 N–H and O–H groups in total. The summed E-state index contributed by atoms with van der Waals surface area (Å²) in [6.07, 6.45) is 0. The van der Waals surface area contributed by atoms with Crippen LogP contribution < -0.4 is 4.72 Å². The first kappa shape index (κ1) is 15.5. The standard InChI is InChI=1S/C12H20N2O2S2/c1-10(2)17-12-7-5-11(6-8-12)9-13-18(15,16)14(3)4/h5-8,10,13H,9H2,1-4H3. The first-order valence-corrected chi connectivity index (χ1v) is 8.06. The molecular formula is C12H20N2O2S2. The van der Waals surface area contributed by atoms with E-state index in [-0.39, 0.29) is 0 Å². The Bertz CT molecular complexity index is 467. The Labute approximate surface area is 114 Å². The first-order valence-electron chi connectivity index (χ1n) is 5.74. The van der Waals surface area contributed by atoms with Gasteiger partial charge >= 0.3 is 0 Å². The summed E-state index contributed by atoms with van der Waals surface area (Å²) >= 11 is 1.79. The van der Waals surface area contributed by atoms with Crippen molar-refractivity contribution in [3.63, 3.8) is 0 Å². The van der Waals surface area contributed by atoms with Crippen molar-refractivity contribution in [2.45, 2.75) is 30.5 Å². The number of rotatable bonds is 6. The van der Waals surface area contributed by atoms with Crippen molar-refractivity contribution in [1.29, 1.82) is 0 Å². The molecule has 0 atom stereocenters. The highest BCUT2D eigenvalue weighted by Gasteiger charge is 2.11. The van der Waals surface area contributed by atoms with Gasteiger partial charge in [-0.3, -0.25) is 0 Å². The Balaban J connectivity index is 2.60. The molecule has 18 heavy (non-hydrogen) atoms. The Morgan fingerprint density at radius 1 is 1.22 bits per heavy atom. The van der Waals surface area contributed by atoms with E-state index in [0.29, 0.717) is 11.8 Å². The minimum absolute atomic E-state index is 0.313. The fourth-order valence-corrected chi connectivity index (χ4v) is 2.71. The first-order chi connectivity index (χ1) is 8.31. The van der Waals surface area contributed by atoms with Gasteiger partial charge in [0.05, 0.1) is 0 Å². The Hall–Kier alpha value is -0.560. The highest BCUT2D eigenvalue weighted by molar-refractivity contribution is 7.99. The molecule has 0 fully saturated rings. The zero-order valence-electron chi connectivity index (χ0n) is 11.2. The van der Waals surface area contributed by atoms with Gasteiger partial charge in [-0.2, -0.15) is 17.4 Å². The monoisotopic (exact) mass is 288 g/mol. The molecule has 0 saturated heterocycles. The van der Waals surface area contributed by atoms with Gasteiger partial charge in [0.25, 0.3) is 10.2 Å². The van der Waals surface area contributed by atoms with E-state index in [1.165, 1.54) is 19.0 Å². The molecule has 102 valence electrons. The quantitative estimate of drug-likeness (QED) is 0.815. The fraction of sp³-hybridized carbons (Fsp3) is 0.500. The number of benzene rings is 1. The molecule has 0 amide bonds. The number of nitrogens with one attached hydrogen (secondary N) is 1. The van der Waals surface area contributed by atoms with Crippen LogP contribution in [0.4, 0.5) is 0 Å². The predicted molar refractivity (Wildman–Crippen MR) is 76.9 cm³/mol. The third-order valence-corrected chi connectivity index (χ3v) is 4.72. The number of hydrogen-bond donors (Lipinski definition) is 1. The Morgan fingerprint density at radius 3 is 2.22 bits per heavy atom. The van der Waals surface area contributed by atoms with E-state index >= 15 is 0 Å². The maximum absolute atomic E-state index is 11.5. The molecule has 0 heterocycles. The molecule has 6 heteroatoms. The minimum Gasteiger partial charge on any atom is -0.198 e. The van der Waals surface area contributed by atoms with Gasteiger partial charge in [-0.1, -0.05) is 26.0 Å². The summed E-state index contributed by atoms with van der Waals surface area (Å²) in [6.45, 7) is 4.60. The summed E-state index contributed by atoms with van der Waals surface area (Å²) in [6, 6.07) is 7.93.